The zero-order valence-electron chi connectivity index (χ0n) is 11.0. The number of thiophene rings is 1. The van der Waals surface area contributed by atoms with E-state index in [1.165, 1.54) is 4.88 Å². The molecule has 2 N–H and O–H groups in total. The lowest BCUT2D eigenvalue weighted by molar-refractivity contribution is -0.132. The van der Waals surface area contributed by atoms with Crippen LogP contribution in [0.4, 0.5) is 0 Å². The van der Waals surface area contributed by atoms with E-state index in [2.05, 4.69) is 22.4 Å². The van der Waals surface area contributed by atoms with E-state index in [-0.39, 0.29) is 6.04 Å². The number of hydrogen-bond donors (Lipinski definition) is 1. The van der Waals surface area contributed by atoms with Gasteiger partial charge in [0.15, 0.2) is 0 Å². The molecule has 1 saturated heterocycles. The number of nitrogens with zero attached hydrogens (tertiary/aromatic N) is 1. The molecule has 2 atom stereocenters. The molecule has 2 rings (SSSR count). The van der Waals surface area contributed by atoms with Crippen LogP contribution in [0.5, 0.6) is 0 Å². The Hall–Kier alpha value is -0.870. The molecule has 0 radical (unpaired) electrons. The van der Waals surface area contributed by atoms with Crippen molar-refractivity contribution in [3.8, 4) is 0 Å². The third-order valence-corrected chi connectivity index (χ3v) is 4.47. The van der Waals surface area contributed by atoms with E-state index >= 15 is 0 Å². The van der Waals surface area contributed by atoms with Gasteiger partial charge in [-0.25, -0.2) is 0 Å². The molecular formula is C14H22N2OS. The van der Waals surface area contributed by atoms with Crippen LogP contribution in [0.1, 0.15) is 49.9 Å². The summed E-state index contributed by atoms with van der Waals surface area (Å²) in [6.07, 6.45) is 4.72. The SMILES string of the molecule is CC(N)CCCC(=O)N1CCCC1c1cccs1. The molecule has 2 heterocycles. The molecule has 1 aliphatic heterocycles. The molecule has 1 fully saturated rings. The predicted octanol–water partition coefficient (Wildman–Crippen LogP) is 2.93. The number of rotatable bonds is 5. The molecule has 0 aliphatic carbocycles. The topological polar surface area (TPSA) is 46.3 Å². The smallest absolute Gasteiger partial charge is 0.223 e. The van der Waals surface area contributed by atoms with Crippen molar-refractivity contribution in [1.29, 1.82) is 0 Å². The van der Waals surface area contributed by atoms with Crippen molar-refractivity contribution in [3.05, 3.63) is 22.4 Å². The zero-order chi connectivity index (χ0) is 13.0. The first-order chi connectivity index (χ1) is 8.68. The Bertz CT molecular complexity index is 375. The maximum atomic E-state index is 12.2. The van der Waals surface area contributed by atoms with Crippen LogP contribution in [0.2, 0.25) is 0 Å². The van der Waals surface area contributed by atoms with Gasteiger partial charge in [0.2, 0.25) is 5.91 Å². The third-order valence-electron chi connectivity index (χ3n) is 3.49. The van der Waals surface area contributed by atoms with Gasteiger partial charge < -0.3 is 10.6 Å². The Morgan fingerprint density at radius 1 is 1.67 bits per heavy atom. The van der Waals surface area contributed by atoms with Gasteiger partial charge in [-0.15, -0.1) is 11.3 Å². The summed E-state index contributed by atoms with van der Waals surface area (Å²) in [5.74, 6) is 0.298. The largest absolute Gasteiger partial charge is 0.335 e. The molecule has 4 heteroatoms. The van der Waals surface area contributed by atoms with Crippen molar-refractivity contribution in [1.82, 2.24) is 4.90 Å². The van der Waals surface area contributed by atoms with Crippen molar-refractivity contribution in [2.24, 2.45) is 5.73 Å². The van der Waals surface area contributed by atoms with Crippen molar-refractivity contribution < 1.29 is 4.79 Å². The number of hydrogen-bond acceptors (Lipinski definition) is 3. The van der Waals surface area contributed by atoms with Gasteiger partial charge in [0.05, 0.1) is 6.04 Å². The Morgan fingerprint density at radius 3 is 3.17 bits per heavy atom. The van der Waals surface area contributed by atoms with Gasteiger partial charge in [-0.1, -0.05) is 6.07 Å². The molecule has 100 valence electrons. The fourth-order valence-electron chi connectivity index (χ4n) is 2.56. The summed E-state index contributed by atoms with van der Waals surface area (Å²) >= 11 is 1.76. The molecule has 1 amide bonds. The fraction of sp³-hybridized carbons (Fsp3) is 0.643. The van der Waals surface area contributed by atoms with Crippen LogP contribution in [0.15, 0.2) is 17.5 Å². The summed E-state index contributed by atoms with van der Waals surface area (Å²) in [4.78, 5) is 15.6. The second-order valence-corrected chi connectivity index (χ2v) is 6.11. The van der Waals surface area contributed by atoms with Crippen LogP contribution >= 0.6 is 11.3 Å². The quantitative estimate of drug-likeness (QED) is 0.890. The molecule has 1 aromatic rings. The predicted molar refractivity (Wildman–Crippen MR) is 75.5 cm³/mol. The number of amides is 1. The Morgan fingerprint density at radius 2 is 2.50 bits per heavy atom. The maximum absolute atomic E-state index is 12.2. The highest BCUT2D eigenvalue weighted by Gasteiger charge is 2.29. The minimum Gasteiger partial charge on any atom is -0.335 e. The van der Waals surface area contributed by atoms with Gasteiger partial charge in [0.25, 0.3) is 0 Å². The Labute approximate surface area is 113 Å². The van der Waals surface area contributed by atoms with Crippen LogP contribution in [0.3, 0.4) is 0 Å². The molecule has 18 heavy (non-hydrogen) atoms. The van der Waals surface area contributed by atoms with E-state index in [9.17, 15) is 4.79 Å². The van der Waals surface area contributed by atoms with E-state index in [1.807, 2.05) is 6.92 Å². The van der Waals surface area contributed by atoms with Crippen LogP contribution in [0.25, 0.3) is 0 Å². The van der Waals surface area contributed by atoms with Crippen LogP contribution in [-0.4, -0.2) is 23.4 Å². The summed E-state index contributed by atoms with van der Waals surface area (Å²) in [7, 11) is 0. The lowest BCUT2D eigenvalue weighted by Gasteiger charge is -2.24. The molecule has 0 saturated carbocycles. The third kappa shape index (κ3) is 3.33. The summed E-state index contributed by atoms with van der Waals surface area (Å²) < 4.78 is 0. The molecule has 0 spiro atoms. The zero-order valence-corrected chi connectivity index (χ0v) is 11.8. The van der Waals surface area contributed by atoms with Crippen molar-refractivity contribution >= 4 is 17.2 Å². The van der Waals surface area contributed by atoms with Crippen molar-refractivity contribution in [3.63, 3.8) is 0 Å². The first-order valence-electron chi connectivity index (χ1n) is 6.77. The highest BCUT2D eigenvalue weighted by Crippen LogP contribution is 2.34. The number of likely N-dealkylation sites (tertiary alicyclic amines) is 1. The number of nitrogens with two attached hydrogens (primary N) is 1. The van der Waals surface area contributed by atoms with Crippen LogP contribution < -0.4 is 5.73 Å². The molecule has 3 nitrogen and oxygen atoms in total. The molecule has 1 aliphatic rings. The average Bonchev–Trinajstić information content (AvgIpc) is 2.99. The monoisotopic (exact) mass is 266 g/mol. The molecule has 2 unspecified atom stereocenters. The van der Waals surface area contributed by atoms with Gasteiger partial charge in [-0.2, -0.15) is 0 Å². The van der Waals surface area contributed by atoms with E-state index in [4.69, 9.17) is 5.73 Å². The minimum atomic E-state index is 0.199. The first-order valence-corrected chi connectivity index (χ1v) is 7.65. The van der Waals surface area contributed by atoms with Crippen molar-refractivity contribution in [2.45, 2.75) is 51.1 Å². The average molecular weight is 266 g/mol. The lowest BCUT2D eigenvalue weighted by Crippen LogP contribution is -2.30. The molecule has 0 bridgehead atoms. The highest BCUT2D eigenvalue weighted by molar-refractivity contribution is 7.10. The standard InChI is InChI=1S/C14H22N2OS/c1-11(15)5-2-8-14(17)16-9-3-6-12(16)13-7-4-10-18-13/h4,7,10-12H,2-3,5-6,8-9,15H2,1H3. The van der Waals surface area contributed by atoms with Gasteiger partial charge in [0.1, 0.15) is 0 Å². The summed E-state index contributed by atoms with van der Waals surface area (Å²) in [5.41, 5.74) is 5.71. The fourth-order valence-corrected chi connectivity index (χ4v) is 3.43. The minimum absolute atomic E-state index is 0.199. The summed E-state index contributed by atoms with van der Waals surface area (Å²) in [6, 6.07) is 4.73. The normalized spacial score (nSPS) is 21.2. The van der Waals surface area contributed by atoms with E-state index in [0.29, 0.717) is 18.4 Å². The van der Waals surface area contributed by atoms with Gasteiger partial charge in [-0.05, 0) is 44.1 Å². The molecule has 1 aromatic heterocycles. The van der Waals surface area contributed by atoms with Crippen molar-refractivity contribution in [2.75, 3.05) is 6.54 Å². The van der Waals surface area contributed by atoms with Gasteiger partial charge >= 0.3 is 0 Å². The summed E-state index contributed by atoms with van der Waals surface area (Å²) in [5, 5.41) is 2.09. The van der Waals surface area contributed by atoms with Crippen LogP contribution in [0, 0.1) is 0 Å². The highest BCUT2D eigenvalue weighted by atomic mass is 32.1. The van der Waals surface area contributed by atoms with Gasteiger partial charge in [-0.3, -0.25) is 4.79 Å². The van der Waals surface area contributed by atoms with Gasteiger partial charge in [0, 0.05) is 23.9 Å². The maximum Gasteiger partial charge on any atom is 0.223 e. The Balaban J connectivity index is 1.89. The lowest BCUT2D eigenvalue weighted by atomic mass is 10.1. The van der Waals surface area contributed by atoms with E-state index in [1.54, 1.807) is 11.3 Å². The molecule has 0 aromatic carbocycles. The summed E-state index contributed by atoms with van der Waals surface area (Å²) in [6.45, 7) is 2.91. The van der Waals surface area contributed by atoms with E-state index < -0.39 is 0 Å². The first kappa shape index (κ1) is 13.6. The van der Waals surface area contributed by atoms with Crippen LogP contribution in [-0.2, 0) is 4.79 Å². The number of carbonyl (C=O) groups excluding carboxylic acids is 1. The Kier molecular flexibility index (Phi) is 4.78. The number of carbonyl (C=O) groups is 1. The molecular weight excluding hydrogens is 244 g/mol. The second-order valence-electron chi connectivity index (χ2n) is 5.13. The second kappa shape index (κ2) is 6.34. The van der Waals surface area contributed by atoms with E-state index in [0.717, 1.165) is 32.2 Å².